The number of hydrogen-bond acceptors (Lipinski definition) is 4. The van der Waals surface area contributed by atoms with E-state index < -0.39 is 0 Å². The van der Waals surface area contributed by atoms with E-state index in [1.807, 2.05) is 0 Å². The zero-order valence-electron chi connectivity index (χ0n) is 34.3. The Morgan fingerprint density at radius 2 is 1.47 bits per heavy atom. The first kappa shape index (κ1) is 43.0. The molecule has 0 aromatic rings. The van der Waals surface area contributed by atoms with E-state index in [0.717, 1.165) is 56.7 Å². The first-order valence-electron chi connectivity index (χ1n) is 21.7. The first-order chi connectivity index (χ1) is 23.6. The fraction of sp³-hybridized carbons (Fsp3) is 0.956. The molecule has 0 aromatic heterocycles. The van der Waals surface area contributed by atoms with Crippen LogP contribution in [-0.4, -0.2) is 64.2 Å². The number of rotatable bonds is 27. The van der Waals surface area contributed by atoms with Gasteiger partial charge in [0.15, 0.2) is 0 Å². The lowest BCUT2D eigenvalue weighted by molar-refractivity contribution is 0.00321. The third-order valence-corrected chi connectivity index (χ3v) is 13.6. The number of hydrogen-bond donors (Lipinski definition) is 0. The van der Waals surface area contributed by atoms with Crippen molar-refractivity contribution in [3.63, 3.8) is 0 Å². The van der Waals surface area contributed by atoms with Crippen LogP contribution in [0.4, 0.5) is 0 Å². The SMILES string of the molecule is CCCCCOCC(COCCCCCCCCOC1CCC2(C)C(=CCCC2CCC2(C)CCCC2C(C)CCCC(C)C)C1)N(C)C. The van der Waals surface area contributed by atoms with E-state index >= 15 is 0 Å². The summed E-state index contributed by atoms with van der Waals surface area (Å²) in [4.78, 5) is 2.24. The molecule has 0 aromatic carbocycles. The van der Waals surface area contributed by atoms with Crippen molar-refractivity contribution in [3.8, 4) is 0 Å². The van der Waals surface area contributed by atoms with Gasteiger partial charge in [0, 0.05) is 19.8 Å². The normalized spacial score (nSPS) is 28.6. The molecular weight excluding hydrogens is 602 g/mol. The predicted octanol–water partition coefficient (Wildman–Crippen LogP) is 12.4. The number of allylic oxidation sites excluding steroid dienone is 1. The molecule has 3 aliphatic carbocycles. The highest BCUT2D eigenvalue weighted by atomic mass is 16.5. The van der Waals surface area contributed by atoms with Gasteiger partial charge in [-0.2, -0.15) is 0 Å². The monoisotopic (exact) mass is 688 g/mol. The first-order valence-corrected chi connectivity index (χ1v) is 21.7. The van der Waals surface area contributed by atoms with Gasteiger partial charge in [0.1, 0.15) is 0 Å². The summed E-state index contributed by atoms with van der Waals surface area (Å²) in [5, 5.41) is 0. The van der Waals surface area contributed by atoms with Gasteiger partial charge in [-0.05, 0) is 126 Å². The molecule has 0 heterocycles. The molecule has 0 bridgehead atoms. The topological polar surface area (TPSA) is 30.9 Å². The Morgan fingerprint density at radius 3 is 2.14 bits per heavy atom. The van der Waals surface area contributed by atoms with Gasteiger partial charge in [0.2, 0.25) is 0 Å². The average molecular weight is 688 g/mol. The minimum atomic E-state index is 0.353. The minimum absolute atomic E-state index is 0.353. The van der Waals surface area contributed by atoms with Crippen LogP contribution < -0.4 is 0 Å². The predicted molar refractivity (Wildman–Crippen MR) is 211 cm³/mol. The van der Waals surface area contributed by atoms with Crippen molar-refractivity contribution in [1.29, 1.82) is 0 Å². The lowest BCUT2D eigenvalue weighted by Gasteiger charge is -2.49. The molecule has 4 nitrogen and oxygen atoms in total. The van der Waals surface area contributed by atoms with Gasteiger partial charge in [-0.3, -0.25) is 0 Å². The van der Waals surface area contributed by atoms with Crippen LogP contribution in [0.1, 0.15) is 183 Å². The summed E-state index contributed by atoms with van der Waals surface area (Å²) < 4.78 is 18.4. The van der Waals surface area contributed by atoms with E-state index in [-0.39, 0.29) is 0 Å². The van der Waals surface area contributed by atoms with E-state index in [1.54, 1.807) is 5.57 Å². The maximum Gasteiger partial charge on any atom is 0.0644 e. The molecule has 288 valence electrons. The maximum atomic E-state index is 6.53. The number of ether oxygens (including phenoxy) is 3. The lowest BCUT2D eigenvalue weighted by Crippen LogP contribution is -2.40. The molecule has 0 N–H and O–H groups in total. The van der Waals surface area contributed by atoms with Crippen LogP contribution in [0.5, 0.6) is 0 Å². The molecule has 7 unspecified atom stereocenters. The summed E-state index contributed by atoms with van der Waals surface area (Å²) >= 11 is 0. The van der Waals surface area contributed by atoms with Crippen molar-refractivity contribution >= 4 is 0 Å². The van der Waals surface area contributed by atoms with Crippen LogP contribution in [0, 0.1) is 34.5 Å². The third-order valence-electron chi connectivity index (χ3n) is 13.6. The summed E-state index contributed by atoms with van der Waals surface area (Å²) in [6, 6.07) is 0.353. The zero-order chi connectivity index (χ0) is 35.5. The van der Waals surface area contributed by atoms with E-state index in [9.17, 15) is 0 Å². The van der Waals surface area contributed by atoms with Crippen LogP contribution in [-0.2, 0) is 14.2 Å². The number of likely N-dealkylation sites (N-methyl/N-ethyl adjacent to an activating group) is 1. The van der Waals surface area contributed by atoms with Gasteiger partial charge in [-0.15, -0.1) is 0 Å². The number of nitrogens with zero attached hydrogens (tertiary/aromatic N) is 1. The van der Waals surface area contributed by atoms with E-state index in [4.69, 9.17) is 14.2 Å². The molecular formula is C45H85NO3. The molecule has 0 aliphatic heterocycles. The standard InChI is InChI=1S/C45H85NO3/c1-9-10-15-31-47-35-41(46(7)8)36-48-32-16-13-11-12-14-17-33-49-42-27-30-45(6)39(23-19-24-40(45)34-42)26-29-44(5)28-20-25-43(44)38(4)22-18-21-37(2)3/h24,37-39,41-43H,9-23,25-36H2,1-8H3. The Morgan fingerprint density at radius 1 is 0.796 bits per heavy atom. The molecule has 3 rings (SSSR count). The average Bonchev–Trinajstić information content (AvgIpc) is 3.46. The largest absolute Gasteiger partial charge is 0.380 e. The van der Waals surface area contributed by atoms with Crippen LogP contribution >= 0.6 is 0 Å². The van der Waals surface area contributed by atoms with Gasteiger partial charge >= 0.3 is 0 Å². The van der Waals surface area contributed by atoms with Crippen LogP contribution in [0.3, 0.4) is 0 Å². The molecule has 49 heavy (non-hydrogen) atoms. The second kappa shape index (κ2) is 23.3. The highest BCUT2D eigenvalue weighted by Crippen LogP contribution is 2.56. The lowest BCUT2D eigenvalue weighted by atomic mass is 9.57. The number of fused-ring (bicyclic) bond motifs is 1. The van der Waals surface area contributed by atoms with Crippen molar-refractivity contribution in [2.45, 2.75) is 195 Å². The van der Waals surface area contributed by atoms with E-state index in [0.29, 0.717) is 23.0 Å². The molecule has 0 spiro atoms. The van der Waals surface area contributed by atoms with Crippen molar-refractivity contribution in [2.24, 2.45) is 34.5 Å². The summed E-state index contributed by atoms with van der Waals surface area (Å²) in [7, 11) is 4.26. The smallest absolute Gasteiger partial charge is 0.0644 e. The fourth-order valence-electron chi connectivity index (χ4n) is 9.96. The molecule has 3 aliphatic rings. The Labute approximate surface area is 306 Å². The van der Waals surface area contributed by atoms with Gasteiger partial charge in [-0.25, -0.2) is 0 Å². The van der Waals surface area contributed by atoms with Crippen molar-refractivity contribution in [3.05, 3.63) is 11.6 Å². The maximum absolute atomic E-state index is 6.53. The molecule has 0 amide bonds. The summed E-state index contributed by atoms with van der Waals surface area (Å²) in [6.45, 7) is 19.1. The summed E-state index contributed by atoms with van der Waals surface area (Å²) in [5.74, 6) is 3.56. The van der Waals surface area contributed by atoms with Crippen LogP contribution in [0.2, 0.25) is 0 Å². The van der Waals surface area contributed by atoms with Crippen molar-refractivity contribution < 1.29 is 14.2 Å². The Balaban J connectivity index is 1.25. The van der Waals surface area contributed by atoms with E-state index in [2.05, 4.69) is 66.6 Å². The Kier molecular flexibility index (Phi) is 20.4. The number of unbranched alkanes of at least 4 members (excludes halogenated alkanes) is 7. The highest BCUT2D eigenvalue weighted by Gasteiger charge is 2.46. The third kappa shape index (κ3) is 14.9. The molecule has 7 atom stereocenters. The minimum Gasteiger partial charge on any atom is -0.380 e. The van der Waals surface area contributed by atoms with E-state index in [1.165, 1.54) is 141 Å². The summed E-state index contributed by atoms with van der Waals surface area (Å²) in [6.07, 6.45) is 32.4. The Hall–Kier alpha value is -0.420. The van der Waals surface area contributed by atoms with Crippen LogP contribution in [0.15, 0.2) is 11.6 Å². The van der Waals surface area contributed by atoms with Crippen molar-refractivity contribution in [1.82, 2.24) is 4.90 Å². The molecule has 0 radical (unpaired) electrons. The zero-order valence-corrected chi connectivity index (χ0v) is 34.3. The van der Waals surface area contributed by atoms with Crippen LogP contribution in [0.25, 0.3) is 0 Å². The molecule has 4 heteroatoms. The van der Waals surface area contributed by atoms with Gasteiger partial charge in [0.05, 0.1) is 25.4 Å². The van der Waals surface area contributed by atoms with Gasteiger partial charge < -0.3 is 19.1 Å². The summed E-state index contributed by atoms with van der Waals surface area (Å²) in [5.41, 5.74) is 2.75. The molecule has 2 saturated carbocycles. The fourth-order valence-corrected chi connectivity index (χ4v) is 9.96. The van der Waals surface area contributed by atoms with Gasteiger partial charge in [-0.1, -0.05) is 117 Å². The second-order valence-electron chi connectivity index (χ2n) is 18.2. The van der Waals surface area contributed by atoms with Crippen molar-refractivity contribution in [2.75, 3.05) is 47.1 Å². The molecule has 0 saturated heterocycles. The Bertz CT molecular complexity index is 886. The van der Waals surface area contributed by atoms with Gasteiger partial charge in [0.25, 0.3) is 0 Å². The highest BCUT2D eigenvalue weighted by molar-refractivity contribution is 5.22. The quantitative estimate of drug-likeness (QED) is 0.0635. The second-order valence-corrected chi connectivity index (χ2v) is 18.2. The molecule has 2 fully saturated rings.